The van der Waals surface area contributed by atoms with Gasteiger partial charge in [-0.1, -0.05) is 6.07 Å². The zero-order chi connectivity index (χ0) is 17.7. The van der Waals surface area contributed by atoms with Crippen molar-refractivity contribution in [3.63, 3.8) is 0 Å². The van der Waals surface area contributed by atoms with Crippen LogP contribution in [0.4, 0.5) is 0 Å². The van der Waals surface area contributed by atoms with Crippen molar-refractivity contribution in [1.82, 2.24) is 14.4 Å². The molecule has 3 aliphatic heterocycles. The Bertz CT molecular complexity index is 774. The van der Waals surface area contributed by atoms with Gasteiger partial charge in [0.25, 0.3) is 5.56 Å². The van der Waals surface area contributed by atoms with E-state index >= 15 is 0 Å². The van der Waals surface area contributed by atoms with Gasteiger partial charge >= 0.3 is 0 Å². The van der Waals surface area contributed by atoms with Gasteiger partial charge in [-0.3, -0.25) is 19.0 Å². The van der Waals surface area contributed by atoms with E-state index in [1.54, 1.807) is 22.5 Å². The normalized spacial score (nSPS) is 31.0. The molecular formula is C18H24N4O3. The third-order valence-electron chi connectivity index (χ3n) is 5.88. The third-order valence-corrected chi connectivity index (χ3v) is 5.88. The SMILES string of the molecule is CC(=O)N1C[C@H]2C[C@@H](C1)[C@H](C(=O)N1CC[C@@H](N)C1)n1c2cccc1=O. The van der Waals surface area contributed by atoms with Crippen LogP contribution in [0.15, 0.2) is 23.0 Å². The van der Waals surface area contributed by atoms with E-state index in [1.165, 1.54) is 6.07 Å². The highest BCUT2D eigenvalue weighted by molar-refractivity contribution is 5.82. The smallest absolute Gasteiger partial charge is 0.251 e. The maximum atomic E-state index is 13.2. The summed E-state index contributed by atoms with van der Waals surface area (Å²) in [4.78, 5) is 41.4. The molecule has 2 fully saturated rings. The van der Waals surface area contributed by atoms with Gasteiger partial charge in [0, 0.05) is 62.7 Å². The van der Waals surface area contributed by atoms with Gasteiger partial charge in [-0.15, -0.1) is 0 Å². The Morgan fingerprint density at radius 1 is 1.16 bits per heavy atom. The van der Waals surface area contributed by atoms with Crippen molar-refractivity contribution in [2.45, 2.75) is 37.8 Å². The fourth-order valence-electron chi connectivity index (χ4n) is 4.68. The van der Waals surface area contributed by atoms with E-state index in [-0.39, 0.29) is 35.3 Å². The number of hydrogen-bond donors (Lipinski definition) is 1. The second-order valence-electron chi connectivity index (χ2n) is 7.55. The predicted molar refractivity (Wildman–Crippen MR) is 92.0 cm³/mol. The van der Waals surface area contributed by atoms with Crippen molar-refractivity contribution in [2.24, 2.45) is 11.7 Å². The average molecular weight is 344 g/mol. The van der Waals surface area contributed by atoms with E-state index in [1.807, 2.05) is 11.0 Å². The number of aromatic nitrogens is 1. The molecule has 4 rings (SSSR count). The third kappa shape index (κ3) is 2.66. The molecule has 2 bridgehead atoms. The van der Waals surface area contributed by atoms with Crippen LogP contribution in [0, 0.1) is 5.92 Å². The van der Waals surface area contributed by atoms with Crippen molar-refractivity contribution in [3.05, 3.63) is 34.2 Å². The van der Waals surface area contributed by atoms with Gasteiger partial charge in [0.05, 0.1) is 0 Å². The largest absolute Gasteiger partial charge is 0.342 e. The number of carbonyl (C=O) groups excluding carboxylic acids is 2. The lowest BCUT2D eigenvalue weighted by Crippen LogP contribution is -2.54. The van der Waals surface area contributed by atoms with E-state index in [4.69, 9.17) is 5.73 Å². The minimum Gasteiger partial charge on any atom is -0.342 e. The van der Waals surface area contributed by atoms with Crippen LogP contribution in [-0.2, 0) is 9.59 Å². The van der Waals surface area contributed by atoms with Crippen molar-refractivity contribution in [1.29, 1.82) is 0 Å². The molecule has 0 radical (unpaired) electrons. The molecule has 1 aromatic rings. The molecule has 4 atom stereocenters. The summed E-state index contributed by atoms with van der Waals surface area (Å²) in [6.45, 7) is 3.89. The summed E-state index contributed by atoms with van der Waals surface area (Å²) in [5.74, 6) is 0.0770. The highest BCUT2D eigenvalue weighted by Gasteiger charge is 2.46. The van der Waals surface area contributed by atoms with Crippen molar-refractivity contribution in [2.75, 3.05) is 26.2 Å². The maximum absolute atomic E-state index is 13.2. The summed E-state index contributed by atoms with van der Waals surface area (Å²) in [5, 5.41) is 0. The molecule has 7 nitrogen and oxygen atoms in total. The van der Waals surface area contributed by atoms with Crippen molar-refractivity contribution >= 4 is 11.8 Å². The molecule has 0 aliphatic carbocycles. The minimum absolute atomic E-state index is 0.00679. The summed E-state index contributed by atoms with van der Waals surface area (Å²) in [6.07, 6.45) is 1.63. The highest BCUT2D eigenvalue weighted by Crippen LogP contribution is 2.42. The quantitative estimate of drug-likeness (QED) is 0.771. The van der Waals surface area contributed by atoms with Crippen LogP contribution in [0.2, 0.25) is 0 Å². The van der Waals surface area contributed by atoms with Gasteiger partial charge < -0.3 is 15.5 Å². The maximum Gasteiger partial charge on any atom is 0.251 e. The van der Waals surface area contributed by atoms with Crippen LogP contribution in [0.25, 0.3) is 0 Å². The number of likely N-dealkylation sites (tertiary alicyclic amines) is 2. The first-order valence-corrected chi connectivity index (χ1v) is 8.97. The first-order valence-electron chi connectivity index (χ1n) is 8.97. The van der Waals surface area contributed by atoms with Crippen LogP contribution >= 0.6 is 0 Å². The van der Waals surface area contributed by atoms with Gasteiger partial charge in [0.2, 0.25) is 11.8 Å². The van der Waals surface area contributed by atoms with Gasteiger partial charge in [0.1, 0.15) is 6.04 Å². The van der Waals surface area contributed by atoms with Crippen LogP contribution in [0.3, 0.4) is 0 Å². The number of piperidine rings is 1. The zero-order valence-corrected chi connectivity index (χ0v) is 14.4. The summed E-state index contributed by atoms with van der Waals surface area (Å²) in [5.41, 5.74) is 6.70. The Balaban J connectivity index is 1.76. The number of carbonyl (C=O) groups is 2. The molecule has 1 aromatic heterocycles. The average Bonchev–Trinajstić information content (AvgIpc) is 3.02. The fraction of sp³-hybridized carbons (Fsp3) is 0.611. The number of rotatable bonds is 1. The van der Waals surface area contributed by atoms with Crippen LogP contribution in [-0.4, -0.2) is 58.4 Å². The lowest BCUT2D eigenvalue weighted by Gasteiger charge is -2.46. The molecular weight excluding hydrogens is 320 g/mol. The zero-order valence-electron chi connectivity index (χ0n) is 14.4. The Labute approximate surface area is 146 Å². The molecule has 2 saturated heterocycles. The predicted octanol–water partition coefficient (Wildman–Crippen LogP) is -0.0854. The van der Waals surface area contributed by atoms with Crippen LogP contribution < -0.4 is 11.3 Å². The van der Waals surface area contributed by atoms with E-state index in [2.05, 4.69) is 0 Å². The number of nitrogens with zero attached hydrogens (tertiary/aromatic N) is 3. The minimum atomic E-state index is -0.535. The summed E-state index contributed by atoms with van der Waals surface area (Å²) < 4.78 is 1.68. The van der Waals surface area contributed by atoms with Gasteiger partial charge in [-0.05, 0) is 18.9 Å². The molecule has 2 amide bonds. The number of hydrogen-bond acceptors (Lipinski definition) is 4. The monoisotopic (exact) mass is 344 g/mol. The molecule has 2 N–H and O–H groups in total. The first kappa shape index (κ1) is 16.3. The Morgan fingerprint density at radius 2 is 1.96 bits per heavy atom. The molecule has 3 aliphatic rings. The Morgan fingerprint density at radius 3 is 2.64 bits per heavy atom. The Hall–Kier alpha value is -2.15. The summed E-state index contributed by atoms with van der Waals surface area (Å²) in [6, 6.07) is 4.65. The second kappa shape index (κ2) is 5.98. The topological polar surface area (TPSA) is 88.6 Å². The highest BCUT2D eigenvalue weighted by atomic mass is 16.2. The number of amides is 2. The van der Waals surface area contributed by atoms with Crippen LogP contribution in [0.5, 0.6) is 0 Å². The molecule has 0 unspecified atom stereocenters. The molecule has 7 heteroatoms. The van der Waals surface area contributed by atoms with Crippen molar-refractivity contribution < 1.29 is 9.59 Å². The molecule has 4 heterocycles. The first-order chi connectivity index (χ1) is 12.0. The summed E-state index contributed by atoms with van der Waals surface area (Å²) in [7, 11) is 0. The van der Waals surface area contributed by atoms with Gasteiger partial charge in [-0.25, -0.2) is 0 Å². The number of fused-ring (bicyclic) bond motifs is 4. The van der Waals surface area contributed by atoms with E-state index in [9.17, 15) is 14.4 Å². The Kier molecular flexibility index (Phi) is 3.91. The second-order valence-corrected chi connectivity index (χ2v) is 7.55. The lowest BCUT2D eigenvalue weighted by atomic mass is 9.78. The van der Waals surface area contributed by atoms with E-state index in [0.717, 1.165) is 18.5 Å². The van der Waals surface area contributed by atoms with E-state index < -0.39 is 6.04 Å². The summed E-state index contributed by atoms with van der Waals surface area (Å²) >= 11 is 0. The van der Waals surface area contributed by atoms with Crippen molar-refractivity contribution in [3.8, 4) is 0 Å². The standard InChI is InChI=1S/C18H24N4O3/c1-11(23)21-8-12-7-13(9-21)17(18(25)20-6-5-14(19)10-20)22-15(12)3-2-4-16(22)24/h2-4,12-14,17H,5-10,19H2,1H3/t12-,13+,14-,17-/m1/s1. The van der Waals surface area contributed by atoms with E-state index in [0.29, 0.717) is 26.2 Å². The molecule has 0 spiro atoms. The van der Waals surface area contributed by atoms with Gasteiger partial charge in [0.15, 0.2) is 0 Å². The molecule has 0 saturated carbocycles. The number of pyridine rings is 1. The number of nitrogens with two attached hydrogens (primary N) is 1. The van der Waals surface area contributed by atoms with Crippen LogP contribution in [0.1, 0.15) is 37.4 Å². The molecule has 25 heavy (non-hydrogen) atoms. The molecule has 134 valence electrons. The molecule has 0 aromatic carbocycles. The van der Waals surface area contributed by atoms with Gasteiger partial charge in [-0.2, -0.15) is 0 Å². The fourth-order valence-corrected chi connectivity index (χ4v) is 4.68. The lowest BCUT2D eigenvalue weighted by molar-refractivity contribution is -0.140.